The first kappa shape index (κ1) is 20.2. The van der Waals surface area contributed by atoms with Crippen molar-refractivity contribution in [3.63, 3.8) is 0 Å². The molecule has 0 aliphatic heterocycles. The largest absolute Gasteiger partial charge is 0.352 e. The minimum absolute atomic E-state index is 0.0249. The third-order valence-electron chi connectivity index (χ3n) is 4.59. The van der Waals surface area contributed by atoms with Gasteiger partial charge in [-0.2, -0.15) is 4.98 Å². The standard InChI is InChI=1S/C21H26N4O2S/c1-3-25(4-2)15-17-9-7-16(8-10-17)14-22-19(26)11-12-20-23-21(24-27-20)18-6-5-13-28-18/h5-10,13H,3-4,11-12,14-15H2,1-2H3,(H,22,26). The number of carbonyl (C=O) groups excluding carboxylic acids is 1. The van der Waals surface area contributed by atoms with E-state index in [9.17, 15) is 4.79 Å². The molecule has 1 amide bonds. The Morgan fingerprint density at radius 3 is 2.57 bits per heavy atom. The Bertz CT molecular complexity index is 855. The van der Waals surface area contributed by atoms with Crippen molar-refractivity contribution in [2.45, 2.75) is 39.8 Å². The van der Waals surface area contributed by atoms with Crippen molar-refractivity contribution >= 4 is 17.2 Å². The predicted octanol–water partition coefficient (Wildman–Crippen LogP) is 3.89. The molecule has 1 aromatic carbocycles. The van der Waals surface area contributed by atoms with Crippen molar-refractivity contribution in [1.29, 1.82) is 0 Å². The fraction of sp³-hybridized carbons (Fsp3) is 0.381. The highest BCUT2D eigenvalue weighted by atomic mass is 32.1. The lowest BCUT2D eigenvalue weighted by atomic mass is 10.1. The molecule has 0 radical (unpaired) electrons. The normalized spacial score (nSPS) is 11.1. The molecule has 0 aliphatic rings. The number of hydrogen-bond acceptors (Lipinski definition) is 6. The molecule has 7 heteroatoms. The number of amides is 1. The van der Waals surface area contributed by atoms with Crippen LogP contribution in [0.3, 0.4) is 0 Å². The van der Waals surface area contributed by atoms with Gasteiger partial charge in [0.25, 0.3) is 0 Å². The number of hydrogen-bond donors (Lipinski definition) is 1. The Labute approximate surface area is 169 Å². The van der Waals surface area contributed by atoms with Crippen LogP contribution >= 0.6 is 11.3 Å². The maximum absolute atomic E-state index is 12.1. The Hall–Kier alpha value is -2.51. The van der Waals surface area contributed by atoms with Gasteiger partial charge in [-0.25, -0.2) is 0 Å². The molecule has 0 bridgehead atoms. The van der Waals surface area contributed by atoms with Gasteiger partial charge in [0.15, 0.2) is 0 Å². The maximum atomic E-state index is 12.1. The molecule has 6 nitrogen and oxygen atoms in total. The van der Waals surface area contributed by atoms with Gasteiger partial charge in [0.2, 0.25) is 17.6 Å². The minimum Gasteiger partial charge on any atom is -0.352 e. The molecule has 0 fully saturated rings. The van der Waals surface area contributed by atoms with E-state index >= 15 is 0 Å². The van der Waals surface area contributed by atoms with Crippen molar-refractivity contribution in [2.24, 2.45) is 0 Å². The van der Waals surface area contributed by atoms with Gasteiger partial charge < -0.3 is 9.84 Å². The second kappa shape index (κ2) is 10.1. The number of aromatic nitrogens is 2. The lowest BCUT2D eigenvalue weighted by Crippen LogP contribution is -2.23. The summed E-state index contributed by atoms with van der Waals surface area (Å²) in [7, 11) is 0. The smallest absolute Gasteiger partial charge is 0.227 e. The number of nitrogens with zero attached hydrogens (tertiary/aromatic N) is 3. The minimum atomic E-state index is -0.0249. The summed E-state index contributed by atoms with van der Waals surface area (Å²) in [6.07, 6.45) is 0.763. The molecule has 3 rings (SSSR count). The Balaban J connectivity index is 1.42. The molecule has 2 aromatic heterocycles. The van der Waals surface area contributed by atoms with Gasteiger partial charge in [0.1, 0.15) is 0 Å². The van der Waals surface area contributed by atoms with Crippen molar-refractivity contribution < 1.29 is 9.32 Å². The van der Waals surface area contributed by atoms with Gasteiger partial charge in [-0.3, -0.25) is 9.69 Å². The van der Waals surface area contributed by atoms with Gasteiger partial charge in [-0.1, -0.05) is 49.3 Å². The first-order valence-corrected chi connectivity index (χ1v) is 10.5. The lowest BCUT2D eigenvalue weighted by Gasteiger charge is -2.18. The lowest BCUT2D eigenvalue weighted by molar-refractivity contribution is -0.121. The Morgan fingerprint density at radius 1 is 1.14 bits per heavy atom. The molecule has 0 saturated heterocycles. The number of carbonyl (C=O) groups is 1. The average molecular weight is 399 g/mol. The molecule has 0 unspecified atom stereocenters. The van der Waals surface area contributed by atoms with Crippen molar-refractivity contribution in [1.82, 2.24) is 20.4 Å². The predicted molar refractivity (Wildman–Crippen MR) is 111 cm³/mol. The van der Waals surface area contributed by atoms with Crippen LogP contribution in [0.4, 0.5) is 0 Å². The van der Waals surface area contributed by atoms with Crippen molar-refractivity contribution in [3.8, 4) is 10.7 Å². The summed E-state index contributed by atoms with van der Waals surface area (Å²) in [5.41, 5.74) is 2.38. The summed E-state index contributed by atoms with van der Waals surface area (Å²) in [5, 5.41) is 8.88. The molecule has 2 heterocycles. The van der Waals surface area contributed by atoms with Gasteiger partial charge in [-0.15, -0.1) is 11.3 Å². The number of aryl methyl sites for hydroxylation is 1. The summed E-state index contributed by atoms with van der Waals surface area (Å²) >= 11 is 1.56. The van der Waals surface area contributed by atoms with Crippen LogP contribution in [0.2, 0.25) is 0 Å². The molecular formula is C21H26N4O2S. The fourth-order valence-electron chi connectivity index (χ4n) is 2.84. The second-order valence-electron chi connectivity index (χ2n) is 6.54. The molecule has 148 valence electrons. The third kappa shape index (κ3) is 5.74. The summed E-state index contributed by atoms with van der Waals surface area (Å²) < 4.78 is 5.23. The Kier molecular flexibility index (Phi) is 7.33. The van der Waals surface area contributed by atoms with E-state index in [1.54, 1.807) is 11.3 Å². The molecule has 0 saturated carbocycles. The number of rotatable bonds is 10. The number of benzene rings is 1. The van der Waals surface area contributed by atoms with Crippen LogP contribution in [0.15, 0.2) is 46.3 Å². The van der Waals surface area contributed by atoms with Crippen molar-refractivity contribution in [2.75, 3.05) is 13.1 Å². The van der Waals surface area contributed by atoms with E-state index in [0.717, 1.165) is 30.1 Å². The molecule has 1 N–H and O–H groups in total. The number of thiophene rings is 1. The van der Waals surface area contributed by atoms with Gasteiger partial charge in [-0.05, 0) is 35.7 Å². The zero-order valence-electron chi connectivity index (χ0n) is 16.4. The van der Waals surface area contributed by atoms with Crippen LogP contribution in [-0.4, -0.2) is 34.0 Å². The monoisotopic (exact) mass is 398 g/mol. The summed E-state index contributed by atoms with van der Waals surface area (Å²) in [6, 6.07) is 12.3. The number of nitrogens with one attached hydrogen (secondary N) is 1. The molecule has 3 aromatic rings. The summed E-state index contributed by atoms with van der Waals surface area (Å²) in [6.45, 7) is 7.91. The van der Waals surface area contributed by atoms with Gasteiger partial charge >= 0.3 is 0 Å². The maximum Gasteiger partial charge on any atom is 0.227 e. The topological polar surface area (TPSA) is 71.3 Å². The van der Waals surface area contributed by atoms with E-state index in [-0.39, 0.29) is 5.91 Å². The molecule has 28 heavy (non-hydrogen) atoms. The van der Waals surface area contributed by atoms with Crippen LogP contribution in [0, 0.1) is 0 Å². The average Bonchev–Trinajstić information content (AvgIpc) is 3.41. The van der Waals surface area contributed by atoms with E-state index in [2.05, 4.69) is 58.5 Å². The quantitative estimate of drug-likeness (QED) is 0.561. The Morgan fingerprint density at radius 2 is 1.89 bits per heavy atom. The van der Waals surface area contributed by atoms with Crippen molar-refractivity contribution in [3.05, 3.63) is 58.8 Å². The molecule has 0 aliphatic carbocycles. The highest BCUT2D eigenvalue weighted by molar-refractivity contribution is 7.13. The van der Waals surface area contributed by atoms with E-state index in [0.29, 0.717) is 31.1 Å². The summed E-state index contributed by atoms with van der Waals surface area (Å²) in [5.74, 6) is 1.04. The zero-order chi connectivity index (χ0) is 19.8. The highest BCUT2D eigenvalue weighted by Gasteiger charge is 2.11. The van der Waals surface area contributed by atoms with Gasteiger partial charge in [0, 0.05) is 25.9 Å². The highest BCUT2D eigenvalue weighted by Crippen LogP contribution is 2.21. The van der Waals surface area contributed by atoms with E-state index in [1.165, 1.54) is 5.56 Å². The molecular weight excluding hydrogens is 372 g/mol. The van der Waals surface area contributed by atoms with E-state index < -0.39 is 0 Å². The van der Waals surface area contributed by atoms with E-state index in [1.807, 2.05) is 17.5 Å². The van der Waals surface area contributed by atoms with Gasteiger partial charge in [0.05, 0.1) is 4.88 Å². The van der Waals surface area contributed by atoms with E-state index in [4.69, 9.17) is 4.52 Å². The molecule has 0 atom stereocenters. The van der Waals surface area contributed by atoms with Crippen LogP contribution < -0.4 is 5.32 Å². The van der Waals surface area contributed by atoms with Crippen LogP contribution in [0.25, 0.3) is 10.7 Å². The first-order valence-electron chi connectivity index (χ1n) is 9.61. The fourth-order valence-corrected chi connectivity index (χ4v) is 3.49. The zero-order valence-corrected chi connectivity index (χ0v) is 17.2. The van der Waals surface area contributed by atoms with Crippen LogP contribution in [0.5, 0.6) is 0 Å². The summed E-state index contributed by atoms with van der Waals surface area (Å²) in [4.78, 5) is 19.8. The third-order valence-corrected chi connectivity index (χ3v) is 5.45. The SMILES string of the molecule is CCN(CC)Cc1ccc(CNC(=O)CCc2nc(-c3cccs3)no2)cc1. The molecule has 0 spiro atoms. The second-order valence-corrected chi connectivity index (χ2v) is 7.49. The van der Waals surface area contributed by atoms with Crippen LogP contribution in [-0.2, 0) is 24.3 Å². The first-order chi connectivity index (χ1) is 13.7. The van der Waals surface area contributed by atoms with Crippen LogP contribution in [0.1, 0.15) is 37.3 Å².